The summed E-state index contributed by atoms with van der Waals surface area (Å²) in [7, 11) is 7.78. The lowest BCUT2D eigenvalue weighted by Crippen LogP contribution is -2.31. The Bertz CT molecular complexity index is 2000. The van der Waals surface area contributed by atoms with Crippen molar-refractivity contribution in [3.63, 3.8) is 0 Å². The van der Waals surface area contributed by atoms with Gasteiger partial charge in [0.25, 0.3) is 23.6 Å². The topological polar surface area (TPSA) is 213 Å². The van der Waals surface area contributed by atoms with Crippen molar-refractivity contribution in [2.24, 2.45) is 10.2 Å². The second-order valence-electron chi connectivity index (χ2n) is 13.1. The maximum atomic E-state index is 13.3. The van der Waals surface area contributed by atoms with Gasteiger partial charge in [0.15, 0.2) is 5.78 Å². The van der Waals surface area contributed by atoms with Gasteiger partial charge in [-0.3, -0.25) is 24.0 Å². The third-order valence-electron chi connectivity index (χ3n) is 7.99. The average molecular weight is 727 g/mol. The van der Waals surface area contributed by atoms with Gasteiger partial charge in [-0.25, -0.2) is 4.79 Å². The van der Waals surface area contributed by atoms with Gasteiger partial charge in [0, 0.05) is 41.2 Å². The number of carbonyl (C=O) groups is 5. The van der Waals surface area contributed by atoms with E-state index in [0.717, 1.165) is 25.9 Å². The molecule has 0 aliphatic rings. The monoisotopic (exact) mass is 726 g/mol. The molecule has 53 heavy (non-hydrogen) atoms. The smallest absolute Gasteiger partial charge is 0.323 e. The molecule has 4 aromatic rings. The van der Waals surface area contributed by atoms with Crippen molar-refractivity contribution in [2.45, 2.75) is 32.7 Å². The minimum atomic E-state index is -1.45. The van der Waals surface area contributed by atoms with Gasteiger partial charge in [-0.2, -0.15) is 10.2 Å². The van der Waals surface area contributed by atoms with Gasteiger partial charge in [-0.15, -0.1) is 0 Å². The number of imidazole rings is 1. The van der Waals surface area contributed by atoms with Crippen LogP contribution in [0, 0.1) is 6.92 Å². The molecule has 1 unspecified atom stereocenters. The molecule has 1 aromatic heterocycles. The van der Waals surface area contributed by atoms with Gasteiger partial charge in [-0.1, -0.05) is 0 Å². The number of rotatable bonds is 17. The van der Waals surface area contributed by atoms with Crippen molar-refractivity contribution in [2.75, 3.05) is 65.0 Å². The molecule has 0 saturated heterocycles. The highest BCUT2D eigenvalue weighted by Crippen LogP contribution is 2.22. The van der Waals surface area contributed by atoms with Crippen molar-refractivity contribution >= 4 is 57.5 Å². The predicted octanol–water partition coefficient (Wildman–Crippen LogP) is 3.46. The molecule has 1 heterocycles. The zero-order chi connectivity index (χ0) is 38.7. The standard InChI is InChI=1S/C37H46N10O6/c1-22-17-28(21-30-31(22)43-37(53)42-30)41-36(52)32(23(2)48)45-44-27-11-9-24(10-12-27)35(51)40-29-19-25(33(49)38-13-7-15-46(3)4)18-26(20-29)34(50)39-14-8-16-47(5)6/h9-12,17-21,32H,7-8,13-16H2,1-6H3,(H,38,49)(H,39,50)(H,40,51)(H,41,52)(H2,42,43,53). The number of Topliss-reactive ketones (excluding diaryl/α,β-unsaturated/α-hetero) is 1. The molecule has 0 aliphatic heterocycles. The van der Waals surface area contributed by atoms with E-state index in [1.807, 2.05) is 38.0 Å². The van der Waals surface area contributed by atoms with E-state index in [2.05, 4.69) is 41.5 Å². The molecule has 0 radical (unpaired) electrons. The molecule has 4 amide bonds. The largest absolute Gasteiger partial charge is 0.352 e. The molecule has 3 aromatic carbocycles. The Labute approximate surface area is 306 Å². The molecule has 0 bridgehead atoms. The van der Waals surface area contributed by atoms with Crippen LogP contribution in [0.5, 0.6) is 0 Å². The number of aryl methyl sites for hydroxylation is 1. The Balaban J connectivity index is 1.45. The lowest BCUT2D eigenvalue weighted by Gasteiger charge is -2.13. The van der Waals surface area contributed by atoms with E-state index < -0.39 is 23.6 Å². The first-order chi connectivity index (χ1) is 25.2. The third-order valence-corrected chi connectivity index (χ3v) is 7.99. The van der Waals surface area contributed by atoms with Crippen LogP contribution in [-0.4, -0.2) is 110 Å². The van der Waals surface area contributed by atoms with E-state index in [4.69, 9.17) is 0 Å². The van der Waals surface area contributed by atoms with Gasteiger partial charge in [-0.05, 0) is 128 Å². The second-order valence-corrected chi connectivity index (χ2v) is 13.1. The molecule has 1 atom stereocenters. The molecule has 0 fully saturated rings. The van der Waals surface area contributed by atoms with Crippen molar-refractivity contribution in [1.82, 2.24) is 30.4 Å². The number of aromatic amines is 2. The summed E-state index contributed by atoms with van der Waals surface area (Å²) in [5.41, 5.74) is 3.02. The molecule has 0 spiro atoms. The van der Waals surface area contributed by atoms with Crippen molar-refractivity contribution in [3.8, 4) is 0 Å². The molecule has 6 N–H and O–H groups in total. The lowest BCUT2D eigenvalue weighted by molar-refractivity contribution is -0.126. The number of nitrogens with zero attached hydrogens (tertiary/aromatic N) is 4. The van der Waals surface area contributed by atoms with Crippen LogP contribution >= 0.6 is 0 Å². The Hall–Kier alpha value is -6.00. The lowest BCUT2D eigenvalue weighted by atomic mass is 10.1. The SMILES string of the molecule is CC(=O)C(N=Nc1ccc(C(=O)Nc2cc(C(=O)NCCCN(C)C)cc(C(=O)NCCCN(C)C)c2)cc1)C(=O)Nc1cc(C)c2[nH]c(=O)[nH]c2c1. The summed E-state index contributed by atoms with van der Waals surface area (Å²) in [6, 6.07) is 12.3. The van der Waals surface area contributed by atoms with Gasteiger partial charge < -0.3 is 41.0 Å². The minimum Gasteiger partial charge on any atom is -0.352 e. The number of aromatic nitrogens is 2. The van der Waals surface area contributed by atoms with E-state index in [9.17, 15) is 28.8 Å². The average Bonchev–Trinajstić information content (AvgIpc) is 3.48. The number of carbonyl (C=O) groups excluding carboxylic acids is 5. The minimum absolute atomic E-state index is 0.223. The summed E-state index contributed by atoms with van der Waals surface area (Å²) in [6.07, 6.45) is 1.48. The second kappa shape index (κ2) is 18.5. The summed E-state index contributed by atoms with van der Waals surface area (Å²) < 4.78 is 0. The van der Waals surface area contributed by atoms with Gasteiger partial charge in [0.1, 0.15) is 0 Å². The zero-order valence-electron chi connectivity index (χ0n) is 30.8. The zero-order valence-corrected chi connectivity index (χ0v) is 30.8. The maximum Gasteiger partial charge on any atom is 0.323 e. The van der Waals surface area contributed by atoms with Crippen molar-refractivity contribution < 1.29 is 24.0 Å². The Morgan fingerprint density at radius 2 is 1.28 bits per heavy atom. The van der Waals surface area contributed by atoms with E-state index in [1.54, 1.807) is 19.1 Å². The van der Waals surface area contributed by atoms with E-state index >= 15 is 0 Å². The van der Waals surface area contributed by atoms with Gasteiger partial charge in [0.05, 0.1) is 16.7 Å². The summed E-state index contributed by atoms with van der Waals surface area (Å²) >= 11 is 0. The maximum absolute atomic E-state index is 13.3. The normalized spacial score (nSPS) is 11.9. The number of benzene rings is 3. The highest BCUT2D eigenvalue weighted by Gasteiger charge is 2.24. The fourth-order valence-electron chi connectivity index (χ4n) is 5.29. The van der Waals surface area contributed by atoms with Crippen LogP contribution in [0.15, 0.2) is 69.6 Å². The number of nitrogens with one attached hydrogen (secondary N) is 6. The van der Waals surface area contributed by atoms with Crippen molar-refractivity contribution in [1.29, 1.82) is 0 Å². The number of azo groups is 1. The number of H-pyrrole nitrogens is 2. The summed E-state index contributed by atoms with van der Waals surface area (Å²) in [6.45, 7) is 5.45. The summed E-state index contributed by atoms with van der Waals surface area (Å²) in [5.74, 6) is -2.50. The number of ketones is 1. The van der Waals surface area contributed by atoms with Crippen LogP contribution in [0.1, 0.15) is 56.4 Å². The molecule has 0 saturated carbocycles. The quantitative estimate of drug-likeness (QED) is 0.0537. The predicted molar refractivity (Wildman–Crippen MR) is 203 cm³/mol. The molecule has 4 rings (SSSR count). The van der Waals surface area contributed by atoms with Crippen molar-refractivity contribution in [3.05, 3.63) is 87.3 Å². The Morgan fingerprint density at radius 1 is 0.717 bits per heavy atom. The fourth-order valence-corrected chi connectivity index (χ4v) is 5.29. The van der Waals surface area contributed by atoms with E-state index in [0.29, 0.717) is 35.4 Å². The first-order valence-corrected chi connectivity index (χ1v) is 17.1. The van der Waals surface area contributed by atoms with Crippen LogP contribution in [-0.2, 0) is 9.59 Å². The first-order valence-electron chi connectivity index (χ1n) is 17.1. The van der Waals surface area contributed by atoms with Crippen LogP contribution in [0.2, 0.25) is 0 Å². The number of hydrogen-bond acceptors (Lipinski definition) is 10. The number of amides is 4. The van der Waals surface area contributed by atoms with E-state index in [-0.39, 0.29) is 45.6 Å². The number of fused-ring (bicyclic) bond motifs is 1. The summed E-state index contributed by atoms with van der Waals surface area (Å²) in [5, 5.41) is 19.2. The number of anilines is 2. The highest BCUT2D eigenvalue weighted by atomic mass is 16.2. The highest BCUT2D eigenvalue weighted by molar-refractivity contribution is 6.11. The number of hydrogen-bond donors (Lipinski definition) is 6. The van der Waals surface area contributed by atoms with Crippen LogP contribution in [0.25, 0.3) is 11.0 Å². The molecular weight excluding hydrogens is 680 g/mol. The summed E-state index contributed by atoms with van der Waals surface area (Å²) in [4.78, 5) is 85.7. The van der Waals surface area contributed by atoms with Crippen LogP contribution in [0.4, 0.5) is 17.1 Å². The third kappa shape index (κ3) is 11.8. The van der Waals surface area contributed by atoms with Gasteiger partial charge in [0.2, 0.25) is 6.04 Å². The van der Waals surface area contributed by atoms with Crippen LogP contribution in [0.3, 0.4) is 0 Å². The van der Waals surface area contributed by atoms with Crippen LogP contribution < -0.4 is 27.0 Å². The molecule has 16 nitrogen and oxygen atoms in total. The van der Waals surface area contributed by atoms with E-state index in [1.165, 1.54) is 49.4 Å². The molecular formula is C37H46N10O6. The Kier molecular flexibility index (Phi) is 13.9. The molecule has 0 aliphatic carbocycles. The van der Waals surface area contributed by atoms with Gasteiger partial charge >= 0.3 is 5.69 Å². The molecule has 16 heteroatoms. The first kappa shape index (κ1) is 39.8. The fraction of sp³-hybridized carbons (Fsp3) is 0.351. The molecule has 280 valence electrons. The Morgan fingerprint density at radius 3 is 1.83 bits per heavy atom.